The maximum absolute atomic E-state index is 12.6. The van der Waals surface area contributed by atoms with Crippen molar-refractivity contribution in [2.24, 2.45) is 0 Å². The number of nitrogens with zero attached hydrogens (tertiary/aromatic N) is 2. The summed E-state index contributed by atoms with van der Waals surface area (Å²) < 4.78 is -0.641. The molecule has 0 saturated carbocycles. The first kappa shape index (κ1) is 15.9. The number of carboxylic acids is 1. The van der Waals surface area contributed by atoms with Gasteiger partial charge in [0.1, 0.15) is 12.6 Å². The lowest BCUT2D eigenvalue weighted by molar-refractivity contribution is -0.149. The van der Waals surface area contributed by atoms with Gasteiger partial charge >= 0.3 is 5.97 Å². The summed E-state index contributed by atoms with van der Waals surface area (Å²) in [5.74, 6) is -1.50. The van der Waals surface area contributed by atoms with Crippen molar-refractivity contribution in [3.63, 3.8) is 0 Å². The Balaban J connectivity index is 1.82. The van der Waals surface area contributed by atoms with Crippen molar-refractivity contribution in [3.8, 4) is 0 Å². The zero-order valence-electron chi connectivity index (χ0n) is 12.9. The van der Waals surface area contributed by atoms with Crippen LogP contribution in [0.1, 0.15) is 19.4 Å². The predicted octanol–water partition coefficient (Wildman–Crippen LogP) is 1.16. The van der Waals surface area contributed by atoms with E-state index in [4.69, 9.17) is 0 Å². The summed E-state index contributed by atoms with van der Waals surface area (Å²) in [6, 6.07) is 8.40. The first-order valence-electron chi connectivity index (χ1n) is 7.36. The van der Waals surface area contributed by atoms with Crippen molar-refractivity contribution in [2.75, 3.05) is 6.54 Å². The molecule has 122 valence electrons. The highest BCUT2D eigenvalue weighted by Crippen LogP contribution is 2.48. The molecule has 1 aromatic carbocycles. The Hall–Kier alpha value is -2.02. The third-order valence-electron chi connectivity index (χ3n) is 4.20. The summed E-state index contributed by atoms with van der Waals surface area (Å²) >= 11 is 1.35. The zero-order valence-corrected chi connectivity index (χ0v) is 13.7. The maximum Gasteiger partial charge on any atom is 0.327 e. The van der Waals surface area contributed by atoms with E-state index in [1.54, 1.807) is 13.8 Å². The van der Waals surface area contributed by atoms with Gasteiger partial charge in [-0.1, -0.05) is 30.3 Å². The van der Waals surface area contributed by atoms with Crippen LogP contribution in [0.25, 0.3) is 0 Å². The molecule has 23 heavy (non-hydrogen) atoms. The molecule has 2 heterocycles. The molecule has 0 bridgehead atoms. The van der Waals surface area contributed by atoms with Gasteiger partial charge in [0.05, 0.1) is 6.42 Å². The highest BCUT2D eigenvalue weighted by Gasteiger charge is 2.59. The van der Waals surface area contributed by atoms with Crippen LogP contribution in [0.2, 0.25) is 0 Å². The number of rotatable bonds is 3. The number of amides is 2. The topological polar surface area (TPSA) is 77.9 Å². The highest BCUT2D eigenvalue weighted by atomic mass is 32.2. The molecule has 2 atom stereocenters. The fourth-order valence-electron chi connectivity index (χ4n) is 3.14. The minimum atomic E-state index is -1.03. The quantitative estimate of drug-likeness (QED) is 0.897. The first-order chi connectivity index (χ1) is 10.8. The standard InChI is InChI=1S/C16H18N2O4S/c1-16(2)13(14(21)22)18-12(20)9-17(15(18)23-16)11(19)8-10-6-4-3-5-7-10/h3-7,13,15H,8-9H2,1-2H3,(H,21,22). The van der Waals surface area contributed by atoms with Gasteiger partial charge in [0.25, 0.3) is 0 Å². The molecule has 1 aromatic rings. The van der Waals surface area contributed by atoms with Gasteiger partial charge in [0, 0.05) is 4.75 Å². The average Bonchev–Trinajstić information content (AvgIpc) is 2.92. The van der Waals surface area contributed by atoms with Crippen LogP contribution in [0, 0.1) is 0 Å². The molecule has 0 aliphatic carbocycles. The normalized spacial score (nSPS) is 25.6. The highest BCUT2D eigenvalue weighted by molar-refractivity contribution is 8.01. The minimum Gasteiger partial charge on any atom is -0.480 e. The van der Waals surface area contributed by atoms with E-state index < -0.39 is 22.3 Å². The summed E-state index contributed by atoms with van der Waals surface area (Å²) in [7, 11) is 0. The molecule has 2 amide bonds. The number of thioether (sulfide) groups is 1. The van der Waals surface area contributed by atoms with Crippen LogP contribution >= 0.6 is 11.8 Å². The van der Waals surface area contributed by atoms with Gasteiger partial charge in [-0.2, -0.15) is 0 Å². The molecule has 0 aromatic heterocycles. The van der Waals surface area contributed by atoms with E-state index in [-0.39, 0.29) is 24.8 Å². The van der Waals surface area contributed by atoms with Gasteiger partial charge < -0.3 is 10.0 Å². The molecular formula is C16H18N2O4S. The summed E-state index contributed by atoms with van der Waals surface area (Å²) in [4.78, 5) is 39.3. The summed E-state index contributed by atoms with van der Waals surface area (Å²) in [6.07, 6.45) is 0.206. The predicted molar refractivity (Wildman–Crippen MR) is 85.6 cm³/mol. The first-order valence-corrected chi connectivity index (χ1v) is 8.24. The molecule has 3 rings (SSSR count). The molecule has 2 unspecified atom stereocenters. The SMILES string of the molecule is CC1(C)SC2N(C(=O)Cc3ccccc3)CC(=O)N2C1C(=O)O. The molecule has 2 fully saturated rings. The van der Waals surface area contributed by atoms with Crippen molar-refractivity contribution in [1.82, 2.24) is 9.80 Å². The van der Waals surface area contributed by atoms with Crippen molar-refractivity contribution in [2.45, 2.75) is 36.6 Å². The number of carbonyl (C=O) groups excluding carboxylic acids is 2. The third kappa shape index (κ3) is 2.69. The molecule has 0 radical (unpaired) electrons. The summed E-state index contributed by atoms with van der Waals surface area (Å²) in [5, 5.41) is 9.46. The van der Waals surface area contributed by atoms with Crippen molar-refractivity contribution < 1.29 is 19.5 Å². The Morgan fingerprint density at radius 1 is 1.30 bits per heavy atom. The number of fused-ring (bicyclic) bond motifs is 1. The monoisotopic (exact) mass is 334 g/mol. The van der Waals surface area contributed by atoms with Gasteiger partial charge in [-0.3, -0.25) is 14.5 Å². The molecular weight excluding hydrogens is 316 g/mol. The number of carbonyl (C=O) groups is 3. The van der Waals surface area contributed by atoms with Crippen LogP contribution in [0.4, 0.5) is 0 Å². The fourth-order valence-corrected chi connectivity index (χ4v) is 4.70. The van der Waals surface area contributed by atoms with E-state index in [2.05, 4.69) is 0 Å². The Morgan fingerprint density at radius 2 is 1.96 bits per heavy atom. The van der Waals surface area contributed by atoms with Crippen LogP contribution in [0.15, 0.2) is 30.3 Å². The molecule has 0 spiro atoms. The molecule has 2 saturated heterocycles. The van der Waals surface area contributed by atoms with Crippen molar-refractivity contribution >= 4 is 29.5 Å². The number of carboxylic acid groups (broad SMARTS) is 1. The number of aliphatic carboxylic acids is 1. The number of hydrogen-bond acceptors (Lipinski definition) is 4. The smallest absolute Gasteiger partial charge is 0.327 e. The van der Waals surface area contributed by atoms with Crippen LogP contribution < -0.4 is 0 Å². The van der Waals surface area contributed by atoms with Gasteiger partial charge in [-0.15, -0.1) is 11.8 Å². The summed E-state index contributed by atoms with van der Waals surface area (Å²) in [6.45, 7) is 3.53. The van der Waals surface area contributed by atoms with Crippen molar-refractivity contribution in [3.05, 3.63) is 35.9 Å². The van der Waals surface area contributed by atoms with E-state index in [0.29, 0.717) is 0 Å². The lowest BCUT2D eigenvalue weighted by atomic mass is 10.0. The van der Waals surface area contributed by atoms with Gasteiger partial charge in [0.2, 0.25) is 11.8 Å². The third-order valence-corrected chi connectivity index (χ3v) is 5.72. The molecule has 6 nitrogen and oxygen atoms in total. The Labute approximate surface area is 138 Å². The van der Waals surface area contributed by atoms with Crippen LogP contribution in [0.3, 0.4) is 0 Å². The van der Waals surface area contributed by atoms with Gasteiger partial charge in [0.15, 0.2) is 5.50 Å². The number of hydrogen-bond donors (Lipinski definition) is 1. The molecule has 2 aliphatic heterocycles. The average molecular weight is 334 g/mol. The lowest BCUT2D eigenvalue weighted by Gasteiger charge is -2.25. The van der Waals surface area contributed by atoms with Crippen molar-refractivity contribution in [1.29, 1.82) is 0 Å². The van der Waals surface area contributed by atoms with E-state index >= 15 is 0 Å². The fraction of sp³-hybridized carbons (Fsp3) is 0.438. The second-order valence-electron chi connectivity index (χ2n) is 6.27. The lowest BCUT2D eigenvalue weighted by Crippen LogP contribution is -2.48. The largest absolute Gasteiger partial charge is 0.480 e. The molecule has 2 aliphatic rings. The molecule has 1 N–H and O–H groups in total. The van der Waals surface area contributed by atoms with E-state index in [1.807, 2.05) is 30.3 Å². The maximum atomic E-state index is 12.6. The Morgan fingerprint density at radius 3 is 2.57 bits per heavy atom. The number of benzene rings is 1. The van der Waals surface area contributed by atoms with E-state index in [1.165, 1.54) is 21.6 Å². The minimum absolute atomic E-state index is 0.0524. The van der Waals surface area contributed by atoms with E-state index in [9.17, 15) is 19.5 Å². The van der Waals surface area contributed by atoms with Crippen LogP contribution in [-0.4, -0.2) is 55.5 Å². The second kappa shape index (κ2) is 5.56. The van der Waals surface area contributed by atoms with E-state index in [0.717, 1.165) is 5.56 Å². The Kier molecular flexibility index (Phi) is 3.83. The Bertz CT molecular complexity index is 661. The zero-order chi connectivity index (χ0) is 16.8. The van der Waals surface area contributed by atoms with Gasteiger partial charge in [-0.25, -0.2) is 4.79 Å². The summed E-state index contributed by atoms with van der Waals surface area (Å²) in [5.41, 5.74) is 0.343. The second-order valence-corrected chi connectivity index (χ2v) is 7.98. The van der Waals surface area contributed by atoms with Crippen LogP contribution in [-0.2, 0) is 20.8 Å². The molecule has 7 heteroatoms. The van der Waals surface area contributed by atoms with Crippen LogP contribution in [0.5, 0.6) is 0 Å². The van der Waals surface area contributed by atoms with Gasteiger partial charge in [-0.05, 0) is 19.4 Å².